The van der Waals surface area contributed by atoms with Gasteiger partial charge < -0.3 is 9.47 Å². The van der Waals surface area contributed by atoms with Gasteiger partial charge in [-0.05, 0) is 34.6 Å². The molecule has 0 heterocycles. The third kappa shape index (κ3) is 6.19. The summed E-state index contributed by atoms with van der Waals surface area (Å²) in [5.41, 5.74) is -0.752. The fourth-order valence-corrected chi connectivity index (χ4v) is 1.20. The van der Waals surface area contributed by atoms with Crippen molar-refractivity contribution in [3.05, 3.63) is 0 Å². The highest BCUT2D eigenvalue weighted by Gasteiger charge is 2.38. The number of hydrogen-bond acceptors (Lipinski definition) is 6. The van der Waals surface area contributed by atoms with E-state index < -0.39 is 23.6 Å². The van der Waals surface area contributed by atoms with Gasteiger partial charge in [-0.2, -0.15) is 5.06 Å². The molecule has 0 saturated carbocycles. The van der Waals surface area contributed by atoms with Crippen LogP contribution in [-0.2, 0) is 28.7 Å². The Labute approximate surface area is 112 Å². The van der Waals surface area contributed by atoms with Crippen LogP contribution in [0.15, 0.2) is 0 Å². The standard InChI is InChI=1S/C12H21NO6/c1-6-17-10(15)9(11(16)18-7-2)13(8-14)19-12(3,4)5/h8-9H,6-7H2,1-5H3. The molecule has 0 aromatic rings. The summed E-state index contributed by atoms with van der Waals surface area (Å²) in [4.78, 5) is 39.8. The lowest BCUT2D eigenvalue weighted by molar-refractivity contribution is -0.238. The van der Waals surface area contributed by atoms with Gasteiger partial charge in [-0.3, -0.25) is 9.63 Å². The Kier molecular flexibility index (Phi) is 7.06. The lowest BCUT2D eigenvalue weighted by Crippen LogP contribution is -2.50. The monoisotopic (exact) mass is 275 g/mol. The molecule has 0 aliphatic rings. The molecule has 110 valence electrons. The predicted octanol–water partition coefficient (Wildman–Crippen LogP) is 0.670. The van der Waals surface area contributed by atoms with Crippen LogP contribution in [0.5, 0.6) is 0 Å². The second-order valence-corrected chi connectivity index (χ2v) is 4.58. The SMILES string of the molecule is CCOC(=O)C(C(=O)OCC)N(C=O)OC(C)(C)C. The van der Waals surface area contributed by atoms with E-state index in [9.17, 15) is 14.4 Å². The number of rotatable bonds is 7. The summed E-state index contributed by atoms with van der Waals surface area (Å²) in [5, 5.41) is 0.621. The van der Waals surface area contributed by atoms with E-state index >= 15 is 0 Å². The fraction of sp³-hybridized carbons (Fsp3) is 0.750. The topological polar surface area (TPSA) is 82.1 Å². The van der Waals surface area contributed by atoms with Crippen LogP contribution in [0.1, 0.15) is 34.6 Å². The van der Waals surface area contributed by atoms with Gasteiger partial charge in [-0.25, -0.2) is 9.59 Å². The fourth-order valence-electron chi connectivity index (χ4n) is 1.20. The molecule has 0 fully saturated rings. The maximum Gasteiger partial charge on any atom is 0.343 e. The minimum absolute atomic E-state index is 0.0803. The van der Waals surface area contributed by atoms with Gasteiger partial charge in [0.25, 0.3) is 6.04 Å². The molecule has 0 saturated heterocycles. The number of carbonyl (C=O) groups excluding carboxylic acids is 3. The summed E-state index contributed by atoms with van der Waals surface area (Å²) in [6, 6.07) is -1.56. The van der Waals surface area contributed by atoms with Crippen LogP contribution in [0.3, 0.4) is 0 Å². The Hall–Kier alpha value is -1.63. The van der Waals surface area contributed by atoms with Crippen molar-refractivity contribution in [2.75, 3.05) is 13.2 Å². The van der Waals surface area contributed by atoms with Crippen molar-refractivity contribution in [1.82, 2.24) is 5.06 Å². The molecule has 0 aromatic heterocycles. The van der Waals surface area contributed by atoms with Gasteiger partial charge in [-0.15, -0.1) is 0 Å². The molecule has 19 heavy (non-hydrogen) atoms. The third-order valence-corrected chi connectivity index (χ3v) is 1.76. The zero-order chi connectivity index (χ0) is 15.1. The van der Waals surface area contributed by atoms with Gasteiger partial charge in [0.1, 0.15) is 0 Å². The molecule has 0 aliphatic heterocycles. The molecule has 0 spiro atoms. The molecule has 0 bridgehead atoms. The van der Waals surface area contributed by atoms with Crippen LogP contribution in [-0.4, -0.2) is 48.3 Å². The lowest BCUT2D eigenvalue weighted by atomic mass is 10.2. The van der Waals surface area contributed by atoms with Crippen molar-refractivity contribution >= 4 is 18.3 Å². The molecule has 0 atom stereocenters. The van der Waals surface area contributed by atoms with E-state index in [1.165, 1.54) is 0 Å². The van der Waals surface area contributed by atoms with Crippen LogP contribution in [0.25, 0.3) is 0 Å². The number of ether oxygens (including phenoxy) is 2. The van der Waals surface area contributed by atoms with Crippen molar-refractivity contribution in [3.8, 4) is 0 Å². The zero-order valence-corrected chi connectivity index (χ0v) is 12.0. The molecule has 0 unspecified atom stereocenters. The largest absolute Gasteiger partial charge is 0.464 e. The van der Waals surface area contributed by atoms with E-state index in [2.05, 4.69) is 0 Å². The van der Waals surface area contributed by atoms with Gasteiger partial charge in [0.2, 0.25) is 6.41 Å². The minimum Gasteiger partial charge on any atom is -0.464 e. The first-order chi connectivity index (χ1) is 8.76. The number of nitrogens with zero attached hydrogens (tertiary/aromatic N) is 1. The van der Waals surface area contributed by atoms with Crippen LogP contribution < -0.4 is 0 Å². The number of hydrogen-bond donors (Lipinski definition) is 0. The lowest BCUT2D eigenvalue weighted by Gasteiger charge is -2.30. The minimum atomic E-state index is -1.56. The Balaban J connectivity index is 5.12. The molecule has 0 radical (unpaired) electrons. The summed E-state index contributed by atoms with van der Waals surface area (Å²) >= 11 is 0. The van der Waals surface area contributed by atoms with Gasteiger partial charge >= 0.3 is 11.9 Å². The third-order valence-electron chi connectivity index (χ3n) is 1.76. The molecule has 0 N–H and O–H groups in total. The zero-order valence-electron chi connectivity index (χ0n) is 12.0. The van der Waals surface area contributed by atoms with E-state index in [4.69, 9.17) is 14.3 Å². The quantitative estimate of drug-likeness (QED) is 0.294. The summed E-state index contributed by atoms with van der Waals surface area (Å²) in [6.45, 7) is 8.38. The normalized spacial score (nSPS) is 11.1. The van der Waals surface area contributed by atoms with E-state index in [0.29, 0.717) is 5.06 Å². The van der Waals surface area contributed by atoms with Crippen LogP contribution >= 0.6 is 0 Å². The second-order valence-electron chi connectivity index (χ2n) is 4.58. The smallest absolute Gasteiger partial charge is 0.343 e. The maximum absolute atomic E-state index is 11.7. The van der Waals surface area contributed by atoms with Gasteiger partial charge in [0.05, 0.1) is 18.8 Å². The van der Waals surface area contributed by atoms with E-state index in [-0.39, 0.29) is 19.6 Å². The Morgan fingerprint density at radius 3 is 1.79 bits per heavy atom. The average Bonchev–Trinajstić information content (AvgIpc) is 2.27. The Morgan fingerprint density at radius 1 is 1.11 bits per heavy atom. The summed E-state index contributed by atoms with van der Waals surface area (Å²) < 4.78 is 9.50. The van der Waals surface area contributed by atoms with Crippen molar-refractivity contribution in [2.45, 2.75) is 46.3 Å². The molecular formula is C12H21NO6. The average molecular weight is 275 g/mol. The molecule has 1 amide bonds. The summed E-state index contributed by atoms with van der Waals surface area (Å²) in [7, 11) is 0. The Bertz CT molecular complexity index is 305. The van der Waals surface area contributed by atoms with Crippen LogP contribution in [0.2, 0.25) is 0 Å². The highest BCUT2D eigenvalue weighted by molar-refractivity contribution is 6.00. The number of amides is 1. The van der Waals surface area contributed by atoms with Crippen molar-refractivity contribution in [1.29, 1.82) is 0 Å². The first kappa shape index (κ1) is 17.4. The second kappa shape index (κ2) is 7.73. The molecule has 7 heteroatoms. The molecule has 0 aliphatic carbocycles. The van der Waals surface area contributed by atoms with Gasteiger partial charge in [-0.1, -0.05) is 0 Å². The molecule has 7 nitrogen and oxygen atoms in total. The predicted molar refractivity (Wildman–Crippen MR) is 65.8 cm³/mol. The number of esters is 2. The highest BCUT2D eigenvalue weighted by atomic mass is 16.7. The first-order valence-corrected chi connectivity index (χ1v) is 6.02. The maximum atomic E-state index is 11.7. The van der Waals surface area contributed by atoms with Crippen LogP contribution in [0, 0.1) is 0 Å². The van der Waals surface area contributed by atoms with Gasteiger partial charge in [0.15, 0.2) is 0 Å². The number of hydroxylamine groups is 2. The Morgan fingerprint density at radius 2 is 1.53 bits per heavy atom. The summed E-state index contributed by atoms with van der Waals surface area (Å²) in [5.74, 6) is -1.78. The summed E-state index contributed by atoms with van der Waals surface area (Å²) in [6.07, 6.45) is 0.254. The van der Waals surface area contributed by atoms with Crippen molar-refractivity contribution < 1.29 is 28.7 Å². The first-order valence-electron chi connectivity index (χ1n) is 6.02. The van der Waals surface area contributed by atoms with Crippen LogP contribution in [0.4, 0.5) is 0 Å². The van der Waals surface area contributed by atoms with Crippen molar-refractivity contribution in [3.63, 3.8) is 0 Å². The number of carbonyl (C=O) groups is 3. The highest BCUT2D eigenvalue weighted by Crippen LogP contribution is 2.13. The molecule has 0 aromatic carbocycles. The van der Waals surface area contributed by atoms with Gasteiger partial charge in [0, 0.05) is 0 Å². The van der Waals surface area contributed by atoms with Crippen molar-refractivity contribution in [2.24, 2.45) is 0 Å². The molecule has 0 rings (SSSR count). The van der Waals surface area contributed by atoms with E-state index in [0.717, 1.165) is 0 Å². The van der Waals surface area contributed by atoms with E-state index in [1.54, 1.807) is 34.6 Å². The van der Waals surface area contributed by atoms with E-state index in [1.807, 2.05) is 0 Å². The molecular weight excluding hydrogens is 254 g/mol.